The van der Waals surface area contributed by atoms with Crippen LogP contribution >= 0.6 is 0 Å². The molecule has 0 aliphatic heterocycles. The molecule has 3 nitrogen and oxygen atoms in total. The van der Waals surface area contributed by atoms with E-state index in [1.807, 2.05) is 6.92 Å². The lowest BCUT2D eigenvalue weighted by atomic mass is 10.4. The van der Waals surface area contributed by atoms with Crippen molar-refractivity contribution in [3.8, 4) is 0 Å². The van der Waals surface area contributed by atoms with E-state index in [4.69, 9.17) is 9.84 Å². The van der Waals surface area contributed by atoms with Gasteiger partial charge in [-0.25, -0.2) is 0 Å². The Balaban J connectivity index is 3.45. The van der Waals surface area contributed by atoms with E-state index in [1.165, 1.54) is 0 Å². The van der Waals surface area contributed by atoms with Gasteiger partial charge in [-0.15, -0.1) is 0 Å². The number of hydrogen-bond acceptors (Lipinski definition) is 2. The number of nitrogens with zero attached hydrogens (tertiary/aromatic N) is 1. The largest absolute Gasteiger partial charge is 0.391 e. The minimum Gasteiger partial charge on any atom is -0.391 e. The minimum absolute atomic E-state index is 0.230. The molecule has 0 aliphatic rings. The van der Waals surface area contributed by atoms with Crippen molar-refractivity contribution in [1.82, 2.24) is 0 Å². The van der Waals surface area contributed by atoms with E-state index in [-0.39, 0.29) is 6.61 Å². The molecule has 0 aromatic rings. The van der Waals surface area contributed by atoms with Crippen LogP contribution in [-0.4, -0.2) is 56.6 Å². The summed E-state index contributed by atoms with van der Waals surface area (Å²) in [7, 11) is 4.17. The van der Waals surface area contributed by atoms with E-state index in [2.05, 4.69) is 20.7 Å². The van der Waals surface area contributed by atoms with Gasteiger partial charge in [0.1, 0.15) is 13.1 Å². The van der Waals surface area contributed by atoms with Crippen LogP contribution in [0.2, 0.25) is 0 Å². The Hall–Kier alpha value is -0.380. The summed E-state index contributed by atoms with van der Waals surface area (Å²) in [6, 6.07) is 0. The monoisotopic (exact) mass is 188 g/mol. The second kappa shape index (κ2) is 6.13. The number of rotatable bonds is 7. The molecular formula is C10H22NO2+. The fourth-order valence-electron chi connectivity index (χ4n) is 0.941. The SMILES string of the molecule is C=C(C)COCC[N+](C)(C)CCO. The zero-order valence-corrected chi connectivity index (χ0v) is 9.05. The number of ether oxygens (including phenoxy) is 1. The molecule has 0 unspecified atom stereocenters. The molecule has 0 aromatic heterocycles. The molecule has 0 heterocycles. The second-order valence-electron chi connectivity index (χ2n) is 4.12. The first-order valence-electron chi connectivity index (χ1n) is 4.63. The molecule has 0 bridgehead atoms. The van der Waals surface area contributed by atoms with Crippen LogP contribution in [0, 0.1) is 0 Å². The van der Waals surface area contributed by atoms with Crippen LogP contribution in [0.25, 0.3) is 0 Å². The normalized spacial score (nSPS) is 11.7. The van der Waals surface area contributed by atoms with Crippen molar-refractivity contribution in [2.24, 2.45) is 0 Å². The molecule has 3 heteroatoms. The molecule has 0 aromatic carbocycles. The first kappa shape index (κ1) is 12.6. The molecule has 0 radical (unpaired) electrons. The molecule has 0 rings (SSSR count). The summed E-state index contributed by atoms with van der Waals surface area (Å²) in [5.41, 5.74) is 1.05. The maximum atomic E-state index is 8.78. The van der Waals surface area contributed by atoms with Crippen molar-refractivity contribution in [3.05, 3.63) is 12.2 Å². The van der Waals surface area contributed by atoms with E-state index in [0.29, 0.717) is 6.61 Å². The fraction of sp³-hybridized carbons (Fsp3) is 0.800. The first-order chi connectivity index (χ1) is 5.98. The van der Waals surface area contributed by atoms with E-state index < -0.39 is 0 Å². The lowest BCUT2D eigenvalue weighted by molar-refractivity contribution is -0.891. The molecule has 0 fully saturated rings. The van der Waals surface area contributed by atoms with Crippen LogP contribution in [0.3, 0.4) is 0 Å². The van der Waals surface area contributed by atoms with Gasteiger partial charge in [0.25, 0.3) is 0 Å². The second-order valence-corrected chi connectivity index (χ2v) is 4.12. The Morgan fingerprint density at radius 3 is 2.46 bits per heavy atom. The Bertz CT molecular complexity index is 155. The highest BCUT2D eigenvalue weighted by atomic mass is 16.5. The smallest absolute Gasteiger partial charge is 0.102 e. The highest BCUT2D eigenvalue weighted by molar-refractivity contribution is 4.87. The highest BCUT2D eigenvalue weighted by Crippen LogP contribution is 1.96. The number of likely N-dealkylation sites (N-methyl/N-ethyl adjacent to an activating group) is 1. The lowest BCUT2D eigenvalue weighted by Crippen LogP contribution is -2.44. The Morgan fingerprint density at radius 1 is 1.38 bits per heavy atom. The number of hydrogen-bond donors (Lipinski definition) is 1. The summed E-state index contributed by atoms with van der Waals surface area (Å²) < 4.78 is 6.18. The van der Waals surface area contributed by atoms with Crippen LogP contribution in [0.1, 0.15) is 6.92 Å². The van der Waals surface area contributed by atoms with Gasteiger partial charge in [0.15, 0.2) is 0 Å². The van der Waals surface area contributed by atoms with Crippen LogP contribution in [0.4, 0.5) is 0 Å². The molecule has 0 amide bonds. The summed E-state index contributed by atoms with van der Waals surface area (Å²) in [6.45, 7) is 9.00. The average molecular weight is 188 g/mol. The number of aliphatic hydroxyl groups is 1. The number of quaternary nitrogens is 1. The highest BCUT2D eigenvalue weighted by Gasteiger charge is 2.12. The maximum absolute atomic E-state index is 8.78. The van der Waals surface area contributed by atoms with E-state index in [9.17, 15) is 0 Å². The molecule has 0 spiro atoms. The molecule has 0 saturated carbocycles. The van der Waals surface area contributed by atoms with Crippen molar-refractivity contribution in [2.75, 3.05) is 47.0 Å². The van der Waals surface area contributed by atoms with Gasteiger partial charge < -0.3 is 14.3 Å². The van der Waals surface area contributed by atoms with Crippen molar-refractivity contribution < 1.29 is 14.3 Å². The Morgan fingerprint density at radius 2 is 2.00 bits per heavy atom. The fourth-order valence-corrected chi connectivity index (χ4v) is 0.941. The van der Waals surface area contributed by atoms with Gasteiger partial charge in [0.2, 0.25) is 0 Å². The van der Waals surface area contributed by atoms with Crippen LogP contribution in [0.15, 0.2) is 12.2 Å². The predicted molar refractivity (Wildman–Crippen MR) is 54.6 cm³/mol. The molecular weight excluding hydrogens is 166 g/mol. The van der Waals surface area contributed by atoms with Gasteiger partial charge >= 0.3 is 0 Å². The van der Waals surface area contributed by atoms with Crippen molar-refractivity contribution in [2.45, 2.75) is 6.92 Å². The van der Waals surface area contributed by atoms with Crippen LogP contribution < -0.4 is 0 Å². The van der Waals surface area contributed by atoms with Gasteiger partial charge in [-0.2, -0.15) is 0 Å². The zero-order valence-electron chi connectivity index (χ0n) is 9.05. The Labute approximate surface area is 81.2 Å². The third-order valence-corrected chi connectivity index (χ3v) is 1.89. The third kappa shape index (κ3) is 7.96. The molecule has 0 atom stereocenters. The third-order valence-electron chi connectivity index (χ3n) is 1.89. The molecule has 78 valence electrons. The summed E-state index contributed by atoms with van der Waals surface area (Å²) >= 11 is 0. The first-order valence-corrected chi connectivity index (χ1v) is 4.63. The van der Waals surface area contributed by atoms with E-state index >= 15 is 0 Å². The quantitative estimate of drug-likeness (QED) is 0.361. The van der Waals surface area contributed by atoms with E-state index in [1.54, 1.807) is 0 Å². The van der Waals surface area contributed by atoms with Crippen LogP contribution in [-0.2, 0) is 4.74 Å². The van der Waals surface area contributed by atoms with Gasteiger partial charge in [-0.3, -0.25) is 0 Å². The standard InChI is InChI=1S/C10H22NO2/c1-10(2)9-13-8-6-11(3,4)5-7-12/h12H,1,5-9H2,2-4H3/q+1. The summed E-state index contributed by atoms with van der Waals surface area (Å²) in [6.07, 6.45) is 0. The topological polar surface area (TPSA) is 29.5 Å². The van der Waals surface area contributed by atoms with Crippen molar-refractivity contribution in [1.29, 1.82) is 0 Å². The molecule has 0 aliphatic carbocycles. The zero-order chi connectivity index (χ0) is 10.3. The average Bonchev–Trinajstić information content (AvgIpc) is 1.98. The number of aliphatic hydroxyl groups excluding tert-OH is 1. The van der Waals surface area contributed by atoms with Gasteiger partial charge in [0.05, 0.1) is 33.9 Å². The minimum atomic E-state index is 0.230. The molecule has 1 N–H and O–H groups in total. The molecule has 13 heavy (non-hydrogen) atoms. The maximum Gasteiger partial charge on any atom is 0.102 e. The van der Waals surface area contributed by atoms with Gasteiger partial charge in [0, 0.05) is 0 Å². The van der Waals surface area contributed by atoms with Crippen LogP contribution in [0.5, 0.6) is 0 Å². The molecule has 0 saturated heterocycles. The summed E-state index contributed by atoms with van der Waals surface area (Å²) in [4.78, 5) is 0. The van der Waals surface area contributed by atoms with Gasteiger partial charge in [-0.1, -0.05) is 12.2 Å². The van der Waals surface area contributed by atoms with Crippen molar-refractivity contribution >= 4 is 0 Å². The summed E-state index contributed by atoms with van der Waals surface area (Å²) in [5.74, 6) is 0. The van der Waals surface area contributed by atoms with E-state index in [0.717, 1.165) is 29.8 Å². The van der Waals surface area contributed by atoms with Crippen molar-refractivity contribution in [3.63, 3.8) is 0 Å². The predicted octanol–water partition coefficient (Wildman–Crippen LogP) is 0.648. The Kier molecular flexibility index (Phi) is 5.95. The lowest BCUT2D eigenvalue weighted by Gasteiger charge is -2.28. The summed E-state index contributed by atoms with van der Waals surface area (Å²) in [5, 5.41) is 8.78. The van der Waals surface area contributed by atoms with Gasteiger partial charge in [-0.05, 0) is 6.92 Å².